The van der Waals surface area contributed by atoms with Crippen LogP contribution >= 0.6 is 46.7 Å². The van der Waals surface area contributed by atoms with Gasteiger partial charge >= 0.3 is 0 Å². The van der Waals surface area contributed by atoms with Gasteiger partial charge in [-0.1, -0.05) is 30.0 Å². The van der Waals surface area contributed by atoms with E-state index in [4.69, 9.17) is 17.2 Å². The van der Waals surface area contributed by atoms with E-state index in [0.29, 0.717) is 11.2 Å². The van der Waals surface area contributed by atoms with Gasteiger partial charge in [0, 0.05) is 28.9 Å². The Balaban J connectivity index is 1.63. The summed E-state index contributed by atoms with van der Waals surface area (Å²) in [5.74, 6) is 0.698. The summed E-state index contributed by atoms with van der Waals surface area (Å²) in [6.45, 7) is 4.12. The Labute approximate surface area is 163 Å². The van der Waals surface area contributed by atoms with Gasteiger partial charge in [-0.15, -0.1) is 22.7 Å². The number of nitrogens with zero attached hydrogens (tertiary/aromatic N) is 2. The smallest absolute Gasteiger partial charge is 0.260 e. The molecule has 0 spiro atoms. The highest BCUT2D eigenvalue weighted by Crippen LogP contribution is 2.35. The lowest BCUT2D eigenvalue weighted by Gasteiger charge is -2.20. The summed E-state index contributed by atoms with van der Waals surface area (Å²) < 4.78 is 0.901. The van der Waals surface area contributed by atoms with Crippen molar-refractivity contribution in [2.75, 3.05) is 13.1 Å². The number of thiophene rings is 2. The van der Waals surface area contributed by atoms with Crippen molar-refractivity contribution in [3.63, 3.8) is 0 Å². The van der Waals surface area contributed by atoms with Gasteiger partial charge in [0.15, 0.2) is 0 Å². The van der Waals surface area contributed by atoms with E-state index in [2.05, 4.69) is 9.88 Å². The Hall–Kier alpha value is -1.22. The molecule has 1 atom stereocenters. The van der Waals surface area contributed by atoms with Gasteiger partial charge in [-0.3, -0.25) is 4.79 Å². The van der Waals surface area contributed by atoms with Crippen molar-refractivity contribution < 1.29 is 0 Å². The van der Waals surface area contributed by atoms with Crippen molar-refractivity contribution in [1.82, 2.24) is 14.9 Å². The van der Waals surface area contributed by atoms with Crippen LogP contribution in [0.4, 0.5) is 0 Å². The minimum absolute atomic E-state index is 0.0255. The molecule has 0 aliphatic carbocycles. The van der Waals surface area contributed by atoms with Crippen LogP contribution in [-0.4, -0.2) is 32.3 Å². The number of thioether (sulfide) groups is 1. The molecule has 130 valence electrons. The quantitative estimate of drug-likeness (QED) is 0.627. The molecule has 0 radical (unpaired) electrons. The second kappa shape index (κ2) is 7.19. The molecule has 4 heterocycles. The Kier molecular flexibility index (Phi) is 4.95. The van der Waals surface area contributed by atoms with Crippen molar-refractivity contribution in [2.45, 2.75) is 25.0 Å². The van der Waals surface area contributed by atoms with Crippen LogP contribution < -0.4 is 5.56 Å². The number of nitrogens with one attached hydrogen (secondary N) is 1. The average molecular weight is 408 g/mol. The van der Waals surface area contributed by atoms with Crippen LogP contribution in [0.1, 0.15) is 30.8 Å². The molecule has 25 heavy (non-hydrogen) atoms. The van der Waals surface area contributed by atoms with E-state index < -0.39 is 0 Å². The Morgan fingerprint density at radius 3 is 2.92 bits per heavy atom. The number of hydrogen-bond acceptors (Lipinski definition) is 6. The van der Waals surface area contributed by atoms with Gasteiger partial charge < -0.3 is 9.88 Å². The summed E-state index contributed by atoms with van der Waals surface area (Å²) >= 11 is 10.3. The number of thiocarbonyl (C=S) groups is 1. The first-order chi connectivity index (χ1) is 12.1. The first kappa shape index (κ1) is 17.2. The minimum Gasteiger partial charge on any atom is -0.358 e. The zero-order valence-electron chi connectivity index (χ0n) is 13.7. The molecule has 4 rings (SSSR count). The lowest BCUT2D eigenvalue weighted by atomic mass is 10.2. The second-order valence-electron chi connectivity index (χ2n) is 5.98. The molecule has 0 bridgehead atoms. The topological polar surface area (TPSA) is 49.0 Å². The third kappa shape index (κ3) is 3.40. The van der Waals surface area contributed by atoms with Crippen molar-refractivity contribution in [3.05, 3.63) is 39.1 Å². The highest BCUT2D eigenvalue weighted by molar-refractivity contribution is 8.23. The highest BCUT2D eigenvalue weighted by atomic mass is 32.2. The SMILES string of the molecule is CC(SC(=S)N1CCCC1)c1nc2scc(-c3cccs3)c2c(=O)[nH]1. The van der Waals surface area contributed by atoms with E-state index in [1.54, 1.807) is 23.1 Å². The minimum atomic E-state index is -0.0656. The molecule has 3 aromatic heterocycles. The molecule has 1 saturated heterocycles. The maximum absolute atomic E-state index is 12.7. The summed E-state index contributed by atoms with van der Waals surface area (Å²) in [6, 6.07) is 4.03. The van der Waals surface area contributed by atoms with Crippen LogP contribution in [0.25, 0.3) is 20.7 Å². The molecule has 3 aromatic rings. The number of likely N-dealkylation sites (tertiary alicyclic amines) is 1. The lowest BCUT2D eigenvalue weighted by Crippen LogP contribution is -2.24. The normalized spacial score (nSPS) is 15.8. The first-order valence-corrected chi connectivity index (χ1v) is 11.2. The average Bonchev–Trinajstić information content (AvgIpc) is 3.34. The lowest BCUT2D eigenvalue weighted by molar-refractivity contribution is 0.539. The van der Waals surface area contributed by atoms with Crippen LogP contribution in [0.5, 0.6) is 0 Å². The van der Waals surface area contributed by atoms with E-state index in [1.807, 2.05) is 29.8 Å². The number of aromatic nitrogens is 2. The fraction of sp³-hybridized carbons (Fsp3) is 0.353. The molecule has 1 unspecified atom stereocenters. The van der Waals surface area contributed by atoms with Crippen LogP contribution in [-0.2, 0) is 0 Å². The summed E-state index contributed by atoms with van der Waals surface area (Å²) in [7, 11) is 0. The number of aromatic amines is 1. The molecular formula is C17H17N3OS4. The molecular weight excluding hydrogens is 390 g/mol. The van der Waals surface area contributed by atoms with Gasteiger partial charge in [-0.05, 0) is 31.2 Å². The highest BCUT2D eigenvalue weighted by Gasteiger charge is 2.21. The number of H-pyrrole nitrogens is 1. The maximum atomic E-state index is 12.7. The summed E-state index contributed by atoms with van der Waals surface area (Å²) in [6.07, 6.45) is 2.41. The molecule has 8 heteroatoms. The molecule has 0 aromatic carbocycles. The molecule has 1 fully saturated rings. The Morgan fingerprint density at radius 2 is 2.20 bits per heavy atom. The van der Waals surface area contributed by atoms with Crippen molar-refractivity contribution in [1.29, 1.82) is 0 Å². The number of hydrogen-bond donors (Lipinski definition) is 1. The molecule has 0 saturated carbocycles. The fourth-order valence-corrected chi connectivity index (χ4v) is 6.19. The molecule has 1 aliphatic heterocycles. The van der Waals surface area contributed by atoms with Gasteiger partial charge in [0.1, 0.15) is 15.0 Å². The Morgan fingerprint density at radius 1 is 1.40 bits per heavy atom. The van der Waals surface area contributed by atoms with Gasteiger partial charge in [0.05, 0.1) is 10.6 Å². The van der Waals surface area contributed by atoms with Crippen LogP contribution in [0, 0.1) is 0 Å². The van der Waals surface area contributed by atoms with E-state index in [1.165, 1.54) is 24.2 Å². The van der Waals surface area contributed by atoms with E-state index >= 15 is 0 Å². The van der Waals surface area contributed by atoms with E-state index in [0.717, 1.165) is 32.7 Å². The molecule has 1 N–H and O–H groups in total. The number of fused-ring (bicyclic) bond motifs is 1. The van der Waals surface area contributed by atoms with Gasteiger partial charge in [0.25, 0.3) is 5.56 Å². The summed E-state index contributed by atoms with van der Waals surface area (Å²) in [4.78, 5) is 24.5. The molecule has 4 nitrogen and oxygen atoms in total. The van der Waals surface area contributed by atoms with Crippen molar-refractivity contribution in [3.8, 4) is 10.4 Å². The Bertz CT molecular complexity index is 954. The van der Waals surface area contributed by atoms with E-state index in [9.17, 15) is 4.79 Å². The van der Waals surface area contributed by atoms with Crippen molar-refractivity contribution >= 4 is 61.2 Å². The van der Waals surface area contributed by atoms with Crippen LogP contribution in [0.3, 0.4) is 0 Å². The summed E-state index contributed by atoms with van der Waals surface area (Å²) in [5, 5.41) is 4.76. The number of rotatable bonds is 3. The van der Waals surface area contributed by atoms with Crippen LogP contribution in [0.15, 0.2) is 27.7 Å². The van der Waals surface area contributed by atoms with Crippen LogP contribution in [0.2, 0.25) is 0 Å². The van der Waals surface area contributed by atoms with Gasteiger partial charge in [-0.25, -0.2) is 4.98 Å². The summed E-state index contributed by atoms with van der Waals surface area (Å²) in [5.41, 5.74) is 0.910. The fourth-order valence-electron chi connectivity index (χ4n) is 2.95. The zero-order valence-corrected chi connectivity index (χ0v) is 16.9. The van der Waals surface area contributed by atoms with E-state index in [-0.39, 0.29) is 10.8 Å². The third-order valence-corrected chi connectivity index (χ3v) is 7.63. The maximum Gasteiger partial charge on any atom is 0.260 e. The second-order valence-corrected chi connectivity index (χ2v) is 9.76. The largest absolute Gasteiger partial charge is 0.358 e. The predicted molar refractivity (Wildman–Crippen MR) is 113 cm³/mol. The van der Waals surface area contributed by atoms with Gasteiger partial charge in [0.2, 0.25) is 0 Å². The molecule has 1 aliphatic rings. The zero-order chi connectivity index (χ0) is 17.4. The first-order valence-electron chi connectivity index (χ1n) is 8.14. The van der Waals surface area contributed by atoms with Crippen molar-refractivity contribution in [2.24, 2.45) is 0 Å². The predicted octanol–water partition coefficient (Wildman–Crippen LogP) is 4.89. The molecule has 0 amide bonds. The third-order valence-electron chi connectivity index (χ3n) is 4.28. The monoisotopic (exact) mass is 407 g/mol. The standard InChI is InChI=1S/C17H17N3OS4/c1-10(25-17(22)20-6-2-3-7-20)14-18-15(21)13-11(9-24-16(13)19-14)12-5-4-8-23-12/h4-5,8-10H,2-3,6-7H2,1H3,(H,18,19,21). The van der Waals surface area contributed by atoms with Gasteiger partial charge in [-0.2, -0.15) is 0 Å².